The second kappa shape index (κ2) is 9.31. The number of nitro benzene ring substituents is 1. The van der Waals surface area contributed by atoms with Crippen LogP contribution in [0.5, 0.6) is 11.5 Å². The van der Waals surface area contributed by atoms with Crippen molar-refractivity contribution in [3.8, 4) is 11.5 Å². The first kappa shape index (κ1) is 20.6. The highest BCUT2D eigenvalue weighted by Crippen LogP contribution is 2.26. The molecular weight excluding hydrogens is 364 g/mol. The highest BCUT2D eigenvalue weighted by atomic mass is 16.6. The maximum atomic E-state index is 11.7. The van der Waals surface area contributed by atoms with Crippen LogP contribution in [0.3, 0.4) is 0 Å². The van der Waals surface area contributed by atoms with Gasteiger partial charge >= 0.3 is 0 Å². The van der Waals surface area contributed by atoms with Crippen LogP contribution in [-0.2, 0) is 4.79 Å². The summed E-state index contributed by atoms with van der Waals surface area (Å²) in [6.07, 6.45) is 1.74. The van der Waals surface area contributed by atoms with Crippen molar-refractivity contribution in [1.29, 1.82) is 0 Å². The molecule has 0 radical (unpaired) electrons. The van der Waals surface area contributed by atoms with Gasteiger partial charge in [0.1, 0.15) is 11.5 Å². The third kappa shape index (κ3) is 5.41. The monoisotopic (exact) mass is 384 g/mol. The zero-order valence-corrected chi connectivity index (χ0v) is 15.5. The highest BCUT2D eigenvalue weighted by Gasteiger charge is 2.12. The number of benzene rings is 2. The normalized spacial score (nSPS) is 11.0. The average molecular weight is 384 g/mol. The Morgan fingerprint density at radius 3 is 2.39 bits per heavy atom. The van der Waals surface area contributed by atoms with E-state index in [0.29, 0.717) is 28.2 Å². The number of amides is 1. The summed E-state index contributed by atoms with van der Waals surface area (Å²) in [5.74, 6) is 0.108. The zero-order chi connectivity index (χ0) is 20.7. The molecule has 146 valence electrons. The molecule has 0 aliphatic rings. The number of primary amides is 1. The van der Waals surface area contributed by atoms with Crippen LogP contribution in [-0.4, -0.2) is 30.3 Å². The van der Waals surface area contributed by atoms with Gasteiger partial charge in [0, 0.05) is 30.2 Å². The van der Waals surface area contributed by atoms with Crippen LogP contribution in [0.25, 0.3) is 6.08 Å². The van der Waals surface area contributed by atoms with Crippen LogP contribution < -0.4 is 15.2 Å². The predicted molar refractivity (Wildman–Crippen MR) is 103 cm³/mol. The molecule has 0 aromatic heterocycles. The lowest BCUT2D eigenvalue weighted by atomic mass is 10.1. The largest absolute Gasteiger partial charge is 0.497 e. The van der Waals surface area contributed by atoms with Gasteiger partial charge in [-0.05, 0) is 42.8 Å². The molecule has 2 rings (SSSR count). The molecule has 0 saturated carbocycles. The molecule has 0 heterocycles. The van der Waals surface area contributed by atoms with Crippen LogP contribution in [0, 0.1) is 10.1 Å². The number of ketones is 1. The number of nitro groups is 1. The van der Waals surface area contributed by atoms with E-state index in [1.807, 2.05) is 0 Å². The number of nitrogens with zero attached hydrogens (tertiary/aromatic N) is 1. The van der Waals surface area contributed by atoms with Crippen LogP contribution >= 0.6 is 0 Å². The summed E-state index contributed by atoms with van der Waals surface area (Å²) in [6, 6.07) is 10.6. The Morgan fingerprint density at radius 2 is 1.86 bits per heavy atom. The number of non-ortho nitro benzene ring substituents is 1. The van der Waals surface area contributed by atoms with E-state index in [9.17, 15) is 19.7 Å². The Bertz CT molecular complexity index is 919. The predicted octanol–water partition coefficient (Wildman–Crippen LogP) is 3.14. The fourth-order valence-electron chi connectivity index (χ4n) is 2.47. The topological polar surface area (TPSA) is 122 Å². The number of ether oxygens (including phenoxy) is 2. The molecule has 0 atom stereocenters. The molecule has 0 fully saturated rings. The minimum atomic E-state index is -0.626. The van der Waals surface area contributed by atoms with Gasteiger partial charge in [0.05, 0.1) is 24.2 Å². The van der Waals surface area contributed by atoms with E-state index < -0.39 is 10.8 Å². The van der Waals surface area contributed by atoms with E-state index in [0.717, 1.165) is 0 Å². The molecule has 0 spiro atoms. The van der Waals surface area contributed by atoms with Crippen molar-refractivity contribution < 1.29 is 24.0 Å². The van der Waals surface area contributed by atoms with E-state index in [1.165, 1.54) is 38.3 Å². The summed E-state index contributed by atoms with van der Waals surface area (Å²) < 4.78 is 10.8. The lowest BCUT2D eigenvalue weighted by Crippen LogP contribution is -2.16. The first-order chi connectivity index (χ1) is 13.3. The number of rotatable bonds is 9. The van der Waals surface area contributed by atoms with Crippen molar-refractivity contribution >= 4 is 23.5 Å². The molecule has 2 aromatic rings. The van der Waals surface area contributed by atoms with Crippen molar-refractivity contribution in [2.45, 2.75) is 13.3 Å². The summed E-state index contributed by atoms with van der Waals surface area (Å²) in [4.78, 5) is 33.6. The number of carbonyl (C=O) groups is 2. The number of hydrogen-bond donors (Lipinski definition) is 1. The van der Waals surface area contributed by atoms with Gasteiger partial charge in [0.15, 0.2) is 5.78 Å². The third-order valence-corrected chi connectivity index (χ3v) is 3.96. The minimum Gasteiger partial charge on any atom is -0.497 e. The lowest BCUT2D eigenvalue weighted by molar-refractivity contribution is -0.384. The number of carbonyl (C=O) groups excluding carboxylic acids is 2. The third-order valence-electron chi connectivity index (χ3n) is 3.96. The lowest BCUT2D eigenvalue weighted by Gasteiger charge is -2.12. The summed E-state index contributed by atoms with van der Waals surface area (Å²) in [7, 11) is 1.50. The van der Waals surface area contributed by atoms with Crippen LogP contribution in [0.2, 0.25) is 0 Å². The van der Waals surface area contributed by atoms with Gasteiger partial charge in [-0.2, -0.15) is 0 Å². The van der Waals surface area contributed by atoms with Crippen molar-refractivity contribution in [3.05, 3.63) is 69.3 Å². The van der Waals surface area contributed by atoms with Crippen molar-refractivity contribution in [2.75, 3.05) is 13.7 Å². The second-order valence-corrected chi connectivity index (χ2v) is 5.90. The van der Waals surface area contributed by atoms with Crippen LogP contribution in [0.15, 0.2) is 48.0 Å². The number of nitrogens with two attached hydrogens (primary N) is 1. The molecule has 0 aliphatic carbocycles. The fraction of sp³-hybridized carbons (Fsp3) is 0.200. The molecule has 0 unspecified atom stereocenters. The molecule has 2 N–H and O–H groups in total. The molecule has 0 bridgehead atoms. The van der Waals surface area contributed by atoms with Gasteiger partial charge in [0.2, 0.25) is 5.91 Å². The Balaban J connectivity index is 2.13. The Hall–Kier alpha value is -3.68. The second-order valence-electron chi connectivity index (χ2n) is 5.90. The van der Waals surface area contributed by atoms with Gasteiger partial charge in [-0.15, -0.1) is 0 Å². The molecule has 8 nitrogen and oxygen atoms in total. The van der Waals surface area contributed by atoms with E-state index in [2.05, 4.69) is 0 Å². The number of Topliss-reactive ketones (excluding diaryl/α,β-unsaturated/α-hetero) is 1. The van der Waals surface area contributed by atoms with E-state index in [-0.39, 0.29) is 24.5 Å². The molecular formula is C20H20N2O6. The van der Waals surface area contributed by atoms with Crippen molar-refractivity contribution in [3.63, 3.8) is 0 Å². The molecule has 8 heteroatoms. The van der Waals surface area contributed by atoms with Crippen LogP contribution in [0.4, 0.5) is 5.69 Å². The summed E-state index contributed by atoms with van der Waals surface area (Å²) >= 11 is 0. The van der Waals surface area contributed by atoms with E-state index in [4.69, 9.17) is 15.2 Å². The van der Waals surface area contributed by atoms with Crippen LogP contribution in [0.1, 0.15) is 29.3 Å². The summed E-state index contributed by atoms with van der Waals surface area (Å²) in [5.41, 5.74) is 6.67. The Morgan fingerprint density at radius 1 is 1.18 bits per heavy atom. The van der Waals surface area contributed by atoms with E-state index in [1.54, 1.807) is 24.3 Å². The zero-order valence-electron chi connectivity index (χ0n) is 15.5. The number of methoxy groups -OCH3 is 1. The maximum Gasteiger partial charge on any atom is 0.269 e. The quantitative estimate of drug-likeness (QED) is 0.307. The summed E-state index contributed by atoms with van der Waals surface area (Å²) in [5, 5.41) is 10.7. The minimum absolute atomic E-state index is 0.0455. The standard InChI is InChI=1S/C20H20N2O6/c1-13(23)18-8-7-17(27-2)12-19(18)28-10-9-15(20(21)24)11-14-3-5-16(6-4-14)22(25)26/h3-8,11-12H,9-10H2,1-2H3,(H2,21,24). The van der Waals surface area contributed by atoms with E-state index >= 15 is 0 Å². The Kier molecular flexibility index (Phi) is 6.86. The maximum absolute atomic E-state index is 11.7. The number of hydrogen-bond acceptors (Lipinski definition) is 6. The molecule has 0 saturated heterocycles. The first-order valence-corrected chi connectivity index (χ1v) is 8.38. The van der Waals surface area contributed by atoms with Crippen molar-refractivity contribution in [1.82, 2.24) is 0 Å². The van der Waals surface area contributed by atoms with Crippen molar-refractivity contribution in [2.24, 2.45) is 5.73 Å². The molecule has 28 heavy (non-hydrogen) atoms. The smallest absolute Gasteiger partial charge is 0.269 e. The fourth-order valence-corrected chi connectivity index (χ4v) is 2.47. The Labute approximate surface area is 161 Å². The first-order valence-electron chi connectivity index (χ1n) is 8.38. The molecule has 1 amide bonds. The SMILES string of the molecule is COc1ccc(C(C)=O)c(OCCC(=Cc2ccc([N+](=O)[O-])cc2)C(N)=O)c1. The highest BCUT2D eigenvalue weighted by molar-refractivity contribution is 5.97. The van der Waals surface area contributed by atoms with Gasteiger partial charge in [-0.1, -0.05) is 0 Å². The summed E-state index contributed by atoms with van der Waals surface area (Å²) in [6.45, 7) is 1.53. The average Bonchev–Trinajstić information content (AvgIpc) is 2.67. The van der Waals surface area contributed by atoms with Gasteiger partial charge in [0.25, 0.3) is 5.69 Å². The van der Waals surface area contributed by atoms with Gasteiger partial charge in [-0.3, -0.25) is 19.7 Å². The van der Waals surface area contributed by atoms with Gasteiger partial charge < -0.3 is 15.2 Å². The molecule has 0 aliphatic heterocycles. The molecule has 2 aromatic carbocycles. The van der Waals surface area contributed by atoms with Gasteiger partial charge in [-0.25, -0.2) is 0 Å².